The van der Waals surface area contributed by atoms with Crippen LogP contribution in [0, 0.1) is 0 Å². The number of hydrogen-bond acceptors (Lipinski definition) is 2. The van der Waals surface area contributed by atoms with Gasteiger partial charge in [-0.25, -0.2) is 0 Å². The van der Waals surface area contributed by atoms with Crippen LogP contribution in [-0.4, -0.2) is 35.1 Å². The number of carbonyl (C=O) groups is 1. The summed E-state index contributed by atoms with van der Waals surface area (Å²) in [5, 5.41) is 10.1. The highest BCUT2D eigenvalue weighted by atomic mass is 35.5. The average molecular weight is 288 g/mol. The molecule has 1 amide bonds. The van der Waals surface area contributed by atoms with E-state index in [1.165, 1.54) is 0 Å². The fraction of sp³-hybridized carbons (Fsp3) is 0.462. The minimum Gasteiger partial charge on any atom is -0.394 e. The fourth-order valence-electron chi connectivity index (χ4n) is 2.28. The topological polar surface area (TPSA) is 40.5 Å². The van der Waals surface area contributed by atoms with Crippen LogP contribution in [0.25, 0.3) is 0 Å². The van der Waals surface area contributed by atoms with E-state index in [2.05, 4.69) is 0 Å². The Morgan fingerprint density at radius 2 is 2.17 bits per heavy atom. The largest absolute Gasteiger partial charge is 0.394 e. The van der Waals surface area contributed by atoms with Gasteiger partial charge in [-0.1, -0.05) is 29.3 Å². The highest BCUT2D eigenvalue weighted by Gasteiger charge is 2.27. The Kier molecular flexibility index (Phi) is 4.49. The van der Waals surface area contributed by atoms with E-state index < -0.39 is 0 Å². The van der Waals surface area contributed by atoms with Crippen molar-refractivity contribution in [2.24, 2.45) is 0 Å². The number of halogens is 2. The molecule has 0 bridgehead atoms. The number of hydrogen-bond donors (Lipinski definition) is 1. The summed E-state index contributed by atoms with van der Waals surface area (Å²) < 4.78 is 0. The van der Waals surface area contributed by atoms with Crippen LogP contribution in [0.3, 0.4) is 0 Å². The van der Waals surface area contributed by atoms with Gasteiger partial charge in [-0.05, 0) is 30.5 Å². The molecule has 0 saturated carbocycles. The van der Waals surface area contributed by atoms with Crippen molar-refractivity contribution in [3.63, 3.8) is 0 Å². The molecule has 1 N–H and O–H groups in total. The molecule has 1 saturated heterocycles. The number of aliphatic hydroxyl groups is 1. The summed E-state index contributed by atoms with van der Waals surface area (Å²) in [4.78, 5) is 13.9. The summed E-state index contributed by atoms with van der Waals surface area (Å²) in [7, 11) is 0. The lowest BCUT2D eigenvalue weighted by Crippen LogP contribution is -2.38. The van der Waals surface area contributed by atoms with Gasteiger partial charge in [-0.15, -0.1) is 0 Å². The first kappa shape index (κ1) is 13.7. The maximum atomic E-state index is 12.1. The van der Waals surface area contributed by atoms with Crippen LogP contribution in [-0.2, 0) is 11.2 Å². The number of aliphatic hydroxyl groups excluding tert-OH is 1. The van der Waals surface area contributed by atoms with Crippen LogP contribution in [0.4, 0.5) is 0 Å². The first-order valence-electron chi connectivity index (χ1n) is 5.96. The van der Waals surface area contributed by atoms with E-state index in [4.69, 9.17) is 23.2 Å². The fourth-order valence-corrected chi connectivity index (χ4v) is 2.60. The van der Waals surface area contributed by atoms with Gasteiger partial charge in [0.1, 0.15) is 0 Å². The van der Waals surface area contributed by atoms with Crippen molar-refractivity contribution in [1.82, 2.24) is 4.90 Å². The second kappa shape index (κ2) is 5.91. The normalized spacial score (nSPS) is 19.3. The monoisotopic (exact) mass is 287 g/mol. The predicted molar refractivity (Wildman–Crippen MR) is 72.0 cm³/mol. The molecule has 1 aliphatic rings. The summed E-state index contributed by atoms with van der Waals surface area (Å²) in [5.74, 6) is 0.0324. The molecule has 1 unspecified atom stereocenters. The van der Waals surface area contributed by atoms with Crippen molar-refractivity contribution in [3.8, 4) is 0 Å². The Hall–Kier alpha value is -0.770. The summed E-state index contributed by atoms with van der Waals surface area (Å²) >= 11 is 11.7. The number of amides is 1. The van der Waals surface area contributed by atoms with Gasteiger partial charge in [0.05, 0.1) is 29.1 Å². The third-order valence-corrected chi connectivity index (χ3v) is 3.99. The van der Waals surface area contributed by atoms with Gasteiger partial charge in [-0.2, -0.15) is 0 Å². The van der Waals surface area contributed by atoms with Crippen molar-refractivity contribution in [2.75, 3.05) is 13.2 Å². The van der Waals surface area contributed by atoms with Crippen LogP contribution in [0.5, 0.6) is 0 Å². The van der Waals surface area contributed by atoms with Crippen molar-refractivity contribution < 1.29 is 9.90 Å². The van der Waals surface area contributed by atoms with E-state index in [9.17, 15) is 9.90 Å². The highest BCUT2D eigenvalue weighted by Crippen LogP contribution is 2.24. The van der Waals surface area contributed by atoms with E-state index in [1.807, 2.05) is 0 Å². The summed E-state index contributed by atoms with van der Waals surface area (Å²) in [6.45, 7) is 0.762. The molecule has 3 nitrogen and oxygen atoms in total. The van der Waals surface area contributed by atoms with Crippen molar-refractivity contribution in [3.05, 3.63) is 33.8 Å². The molecule has 1 heterocycles. The lowest BCUT2D eigenvalue weighted by Gasteiger charge is -2.23. The number of carbonyl (C=O) groups excluding carboxylic acids is 1. The predicted octanol–water partition coefficient (Wildman–Crippen LogP) is 2.52. The zero-order chi connectivity index (χ0) is 13.1. The van der Waals surface area contributed by atoms with Gasteiger partial charge in [0.2, 0.25) is 5.91 Å². The SMILES string of the molecule is O=C(Cc1ccc(Cl)c(Cl)c1)N1CCCC1CO. The number of benzene rings is 1. The quantitative estimate of drug-likeness (QED) is 0.928. The Morgan fingerprint density at radius 1 is 1.39 bits per heavy atom. The van der Waals surface area contributed by atoms with Gasteiger partial charge >= 0.3 is 0 Å². The highest BCUT2D eigenvalue weighted by molar-refractivity contribution is 6.42. The standard InChI is InChI=1S/C13H15Cl2NO2/c14-11-4-3-9(6-12(11)15)7-13(18)16-5-1-2-10(16)8-17/h3-4,6,10,17H,1-2,5,7-8H2. The van der Waals surface area contributed by atoms with Crippen LogP contribution in [0.15, 0.2) is 18.2 Å². The Bertz CT molecular complexity index is 451. The van der Waals surface area contributed by atoms with E-state index >= 15 is 0 Å². The van der Waals surface area contributed by atoms with E-state index in [1.54, 1.807) is 23.1 Å². The molecule has 1 aliphatic heterocycles. The van der Waals surface area contributed by atoms with Crippen LogP contribution in [0.1, 0.15) is 18.4 Å². The second-order valence-corrected chi connectivity index (χ2v) is 5.31. The zero-order valence-corrected chi connectivity index (χ0v) is 11.4. The molecule has 1 fully saturated rings. The molecular weight excluding hydrogens is 273 g/mol. The summed E-state index contributed by atoms with van der Waals surface area (Å²) in [6, 6.07) is 5.18. The molecule has 0 aromatic heterocycles. The van der Waals surface area contributed by atoms with Gasteiger partial charge in [0.15, 0.2) is 0 Å². The van der Waals surface area contributed by atoms with E-state index in [0.29, 0.717) is 16.5 Å². The first-order chi connectivity index (χ1) is 8.61. The van der Waals surface area contributed by atoms with Gasteiger partial charge < -0.3 is 10.0 Å². The average Bonchev–Trinajstić information content (AvgIpc) is 2.82. The Morgan fingerprint density at radius 3 is 2.83 bits per heavy atom. The molecule has 1 aromatic rings. The molecule has 0 aliphatic carbocycles. The summed E-state index contributed by atoms with van der Waals surface area (Å²) in [5.41, 5.74) is 0.845. The molecule has 0 radical (unpaired) electrons. The third-order valence-electron chi connectivity index (χ3n) is 3.25. The molecular formula is C13H15Cl2NO2. The first-order valence-corrected chi connectivity index (χ1v) is 6.71. The van der Waals surface area contributed by atoms with Gasteiger partial charge in [0.25, 0.3) is 0 Å². The lowest BCUT2D eigenvalue weighted by molar-refractivity contribution is -0.131. The van der Waals surface area contributed by atoms with Crippen molar-refractivity contribution in [1.29, 1.82) is 0 Å². The van der Waals surface area contributed by atoms with Crippen LogP contribution < -0.4 is 0 Å². The van der Waals surface area contributed by atoms with Gasteiger partial charge in [-0.3, -0.25) is 4.79 Å². The van der Waals surface area contributed by atoms with Gasteiger partial charge in [0, 0.05) is 6.54 Å². The third kappa shape index (κ3) is 2.97. The van der Waals surface area contributed by atoms with Crippen molar-refractivity contribution >= 4 is 29.1 Å². The maximum absolute atomic E-state index is 12.1. The second-order valence-electron chi connectivity index (χ2n) is 4.49. The minimum atomic E-state index is -0.0275. The molecule has 2 rings (SSSR count). The molecule has 98 valence electrons. The molecule has 18 heavy (non-hydrogen) atoms. The minimum absolute atomic E-state index is 0.0275. The van der Waals surface area contributed by atoms with Crippen LogP contribution >= 0.6 is 23.2 Å². The molecule has 5 heteroatoms. The number of likely N-dealkylation sites (tertiary alicyclic amines) is 1. The summed E-state index contributed by atoms with van der Waals surface area (Å²) in [6.07, 6.45) is 2.13. The Balaban J connectivity index is 2.04. The maximum Gasteiger partial charge on any atom is 0.227 e. The lowest BCUT2D eigenvalue weighted by atomic mass is 10.1. The Labute approximate surface area is 116 Å². The molecule has 1 atom stereocenters. The smallest absolute Gasteiger partial charge is 0.227 e. The van der Waals surface area contributed by atoms with E-state index in [-0.39, 0.29) is 18.6 Å². The number of nitrogens with zero attached hydrogens (tertiary/aromatic N) is 1. The van der Waals surface area contributed by atoms with Crippen LogP contribution in [0.2, 0.25) is 10.0 Å². The van der Waals surface area contributed by atoms with Crippen molar-refractivity contribution in [2.45, 2.75) is 25.3 Å². The zero-order valence-electron chi connectivity index (χ0n) is 9.90. The molecule has 1 aromatic carbocycles. The molecule has 0 spiro atoms. The number of rotatable bonds is 3. The van der Waals surface area contributed by atoms with E-state index in [0.717, 1.165) is 24.9 Å².